The molecule has 27 heavy (non-hydrogen) atoms. The second kappa shape index (κ2) is 8.50. The Labute approximate surface area is 180 Å². The lowest BCUT2D eigenvalue weighted by Gasteiger charge is -2.22. The van der Waals surface area contributed by atoms with E-state index in [1.165, 1.54) is 18.2 Å². The molecule has 2 aromatic rings. The van der Waals surface area contributed by atoms with Crippen molar-refractivity contribution in [2.45, 2.75) is 69.9 Å². The summed E-state index contributed by atoms with van der Waals surface area (Å²) in [6.07, 6.45) is -23.4. The number of amides is 1. The maximum Gasteiger partial charge on any atom is 0.224 e. The summed E-state index contributed by atoms with van der Waals surface area (Å²) in [5.41, 5.74) is -0.00227. The Morgan fingerprint density at radius 3 is 3.04 bits per heavy atom. The molecular weight excluding hydrogens is 342 g/mol. The molecule has 1 N–H and O–H groups in total. The summed E-state index contributed by atoms with van der Waals surface area (Å²) in [5.74, 6) is -1.19. The number of aromatic nitrogens is 4. The van der Waals surface area contributed by atoms with E-state index in [1.807, 2.05) is 0 Å². The van der Waals surface area contributed by atoms with Crippen LogP contribution in [0.1, 0.15) is 89.0 Å². The van der Waals surface area contributed by atoms with Crippen LogP contribution >= 0.6 is 0 Å². The lowest BCUT2D eigenvalue weighted by molar-refractivity contribution is -0.116. The van der Waals surface area contributed by atoms with Crippen LogP contribution in [0.5, 0.6) is 5.75 Å². The summed E-state index contributed by atoms with van der Waals surface area (Å²) in [7, 11) is 0. The molecule has 0 unspecified atom stereocenters. The van der Waals surface area contributed by atoms with Crippen molar-refractivity contribution in [3.63, 3.8) is 0 Å². The summed E-state index contributed by atoms with van der Waals surface area (Å²) in [5, 5.41) is 12.9. The maximum atomic E-state index is 11.9. The summed E-state index contributed by atoms with van der Waals surface area (Å²) in [4.78, 5) is 11.9. The standard InChI is InChI=1S/C20H27N5O2/c26-20-12-9-15-14-17(10-11-18(15)21-20)27-13-5-4-8-19-22-23-24-25(19)16-6-2-1-3-7-16/h10-11,14,16H,1-9,12-13H2,(H,21,26)/i1D2,2D2,3D2,6D2,7D2,9D2,12D2,16D. The first-order valence-electron chi connectivity index (χ1n) is 15.8. The van der Waals surface area contributed by atoms with Crippen molar-refractivity contribution in [1.82, 2.24) is 20.2 Å². The van der Waals surface area contributed by atoms with Crippen LogP contribution in [0.3, 0.4) is 0 Å². The number of hydrogen-bond acceptors (Lipinski definition) is 5. The highest BCUT2D eigenvalue weighted by atomic mass is 16.5. The molecule has 1 aromatic heterocycles. The van der Waals surface area contributed by atoms with Crippen LogP contribution in [0.15, 0.2) is 18.2 Å². The third-order valence-corrected chi connectivity index (χ3v) is 3.85. The van der Waals surface area contributed by atoms with Gasteiger partial charge in [0.05, 0.1) is 14.0 Å². The fourth-order valence-corrected chi connectivity index (χ4v) is 2.56. The molecule has 4 rings (SSSR count). The predicted octanol–water partition coefficient (Wildman–Crippen LogP) is 3.46. The number of rotatable bonds is 7. The number of anilines is 1. The monoisotopic (exact) mass is 384 g/mol. The van der Waals surface area contributed by atoms with Crippen molar-refractivity contribution >= 4 is 11.6 Å². The molecule has 7 heteroatoms. The molecule has 7 nitrogen and oxygen atoms in total. The maximum absolute atomic E-state index is 11.9. The number of nitrogens with one attached hydrogen (secondary N) is 1. The number of benzene rings is 1. The van der Waals surface area contributed by atoms with Gasteiger partial charge in [0.15, 0.2) is 5.82 Å². The molecule has 2 heterocycles. The van der Waals surface area contributed by atoms with Crippen LogP contribution in [0, 0.1) is 0 Å². The molecule has 1 fully saturated rings. The van der Waals surface area contributed by atoms with E-state index in [4.69, 9.17) is 25.3 Å². The topological polar surface area (TPSA) is 81.9 Å². The van der Waals surface area contributed by atoms with Gasteiger partial charge >= 0.3 is 0 Å². The van der Waals surface area contributed by atoms with Crippen LogP contribution in [0.2, 0.25) is 0 Å². The van der Waals surface area contributed by atoms with E-state index < -0.39 is 56.5 Å². The normalized spacial score (nSPS) is 39.9. The van der Waals surface area contributed by atoms with E-state index in [0.29, 0.717) is 4.68 Å². The SMILES string of the molecule is [2H]C1([2H])C(=O)Nc2ccc(OCCCCc3nnnn3C3([2H])C([2H])([2H])C([2H])([2H])C([2H])([2H])C([2H])([2H])C3([2H])[2H])cc2C1([2H])[2H]. The number of fused-ring (bicyclic) bond motifs is 1. The molecule has 1 aliphatic heterocycles. The Balaban J connectivity index is 1.50. The average Bonchev–Trinajstić information content (AvgIpc) is 3.35. The van der Waals surface area contributed by atoms with Crippen molar-refractivity contribution in [3.05, 3.63) is 29.6 Å². The van der Waals surface area contributed by atoms with Crippen LogP contribution in [-0.2, 0) is 17.6 Å². The molecule has 2 aliphatic rings. The lowest BCUT2D eigenvalue weighted by atomic mass is 9.95. The largest absolute Gasteiger partial charge is 0.494 e. The van der Waals surface area contributed by atoms with E-state index >= 15 is 0 Å². The molecular formula is C20H27N5O2. The molecule has 0 spiro atoms. The van der Waals surface area contributed by atoms with Crippen molar-refractivity contribution in [2.24, 2.45) is 0 Å². The minimum Gasteiger partial charge on any atom is -0.494 e. The Kier molecular flexibility index (Phi) is 2.37. The molecule has 0 bridgehead atoms. The van der Waals surface area contributed by atoms with Gasteiger partial charge in [-0.2, -0.15) is 0 Å². The van der Waals surface area contributed by atoms with Crippen LogP contribution in [0.25, 0.3) is 0 Å². The molecule has 0 radical (unpaired) electrons. The van der Waals surface area contributed by atoms with Gasteiger partial charge in [0, 0.05) is 37.7 Å². The van der Waals surface area contributed by atoms with Gasteiger partial charge in [-0.1, -0.05) is 19.1 Å². The average molecular weight is 385 g/mol. The predicted molar refractivity (Wildman–Crippen MR) is 102 cm³/mol. The summed E-state index contributed by atoms with van der Waals surface area (Å²) in [6, 6.07) is 0.638. The van der Waals surface area contributed by atoms with Gasteiger partial charge in [-0.3, -0.25) is 4.79 Å². The second-order valence-corrected chi connectivity index (χ2v) is 5.70. The summed E-state index contributed by atoms with van der Waals surface area (Å²) >= 11 is 0. The second-order valence-electron chi connectivity index (χ2n) is 5.70. The number of hydrogen-bond donors (Lipinski definition) is 1. The van der Waals surface area contributed by atoms with E-state index in [2.05, 4.69) is 20.8 Å². The number of aryl methyl sites for hydroxylation is 2. The first kappa shape index (κ1) is 7.53. The van der Waals surface area contributed by atoms with Gasteiger partial charge in [-0.05, 0) is 66.1 Å². The van der Waals surface area contributed by atoms with Gasteiger partial charge < -0.3 is 10.1 Å². The molecule has 1 amide bonds. The zero-order valence-electron chi connectivity index (χ0n) is 29.2. The summed E-state index contributed by atoms with van der Waals surface area (Å²) in [6.45, 7) is 0.0293. The van der Waals surface area contributed by atoms with E-state index in [1.54, 1.807) is 0 Å². The molecule has 1 aromatic carbocycles. The van der Waals surface area contributed by atoms with Gasteiger partial charge in [-0.25, -0.2) is 4.68 Å². The lowest BCUT2D eigenvalue weighted by Crippen LogP contribution is -2.18. The number of unbranched alkanes of at least 4 members (excludes halogenated alkanes) is 1. The van der Waals surface area contributed by atoms with Crippen LogP contribution in [0.4, 0.5) is 5.69 Å². The van der Waals surface area contributed by atoms with E-state index in [0.717, 1.165) is 0 Å². The highest BCUT2D eigenvalue weighted by molar-refractivity contribution is 5.93. The van der Waals surface area contributed by atoms with Gasteiger partial charge in [0.2, 0.25) is 5.91 Å². The third-order valence-electron chi connectivity index (χ3n) is 3.85. The van der Waals surface area contributed by atoms with Crippen molar-refractivity contribution in [1.29, 1.82) is 0 Å². The summed E-state index contributed by atoms with van der Waals surface area (Å²) < 4.78 is 128. The molecule has 144 valence electrons. The van der Waals surface area contributed by atoms with Gasteiger partial charge in [0.25, 0.3) is 0 Å². The minimum absolute atomic E-state index is 0.0293. The molecule has 0 saturated heterocycles. The first-order chi connectivity index (χ1) is 18.9. The highest BCUT2D eigenvalue weighted by Gasteiger charge is 2.19. The van der Waals surface area contributed by atoms with Gasteiger partial charge in [-0.15, -0.1) is 5.10 Å². The van der Waals surface area contributed by atoms with Crippen molar-refractivity contribution < 1.29 is 30.1 Å². The van der Waals surface area contributed by atoms with E-state index in [9.17, 15) is 4.79 Å². The quantitative estimate of drug-likeness (QED) is 0.739. The molecule has 1 aliphatic carbocycles. The molecule has 1 saturated carbocycles. The Hall–Kier alpha value is -2.44. The third kappa shape index (κ3) is 4.46. The number of ether oxygens (including phenoxy) is 1. The zero-order chi connectivity index (χ0) is 31.9. The van der Waals surface area contributed by atoms with Gasteiger partial charge in [0.1, 0.15) is 5.75 Å². The Bertz CT molecular complexity index is 1360. The number of carbonyl (C=O) groups is 1. The first-order valence-corrected chi connectivity index (χ1v) is 8.31. The Morgan fingerprint density at radius 2 is 2.15 bits per heavy atom. The van der Waals surface area contributed by atoms with E-state index in [-0.39, 0.29) is 48.7 Å². The van der Waals surface area contributed by atoms with Crippen LogP contribution in [-0.4, -0.2) is 32.7 Å². The molecule has 0 atom stereocenters. The number of tetrazole rings is 1. The highest BCUT2D eigenvalue weighted by Crippen LogP contribution is 2.28. The number of carbonyl (C=O) groups excluding carboxylic acids is 1. The zero-order valence-corrected chi connectivity index (χ0v) is 14.2. The van der Waals surface area contributed by atoms with Crippen molar-refractivity contribution in [3.8, 4) is 5.75 Å². The Morgan fingerprint density at radius 1 is 1.26 bits per heavy atom. The number of nitrogens with zero attached hydrogens (tertiary/aromatic N) is 4. The smallest absolute Gasteiger partial charge is 0.224 e. The fourth-order valence-electron chi connectivity index (χ4n) is 2.56. The fraction of sp³-hybridized carbons (Fsp3) is 0.600. The minimum atomic E-state index is -3.68. The van der Waals surface area contributed by atoms with Crippen LogP contribution < -0.4 is 10.1 Å². The van der Waals surface area contributed by atoms with Crippen molar-refractivity contribution in [2.75, 3.05) is 11.9 Å².